The van der Waals surface area contributed by atoms with E-state index in [0.29, 0.717) is 27.8 Å². The number of amides is 2. The van der Waals surface area contributed by atoms with Crippen molar-refractivity contribution in [3.8, 4) is 11.5 Å². The Morgan fingerprint density at radius 3 is 2.23 bits per heavy atom. The molecule has 0 unspecified atom stereocenters. The topological polar surface area (TPSA) is 126 Å². The van der Waals surface area contributed by atoms with Crippen LogP contribution in [-0.4, -0.2) is 40.2 Å². The predicted octanol–water partition coefficient (Wildman–Crippen LogP) is 6.53. The molecule has 0 aliphatic rings. The van der Waals surface area contributed by atoms with Crippen molar-refractivity contribution in [2.45, 2.75) is 11.4 Å². The maximum atomic E-state index is 14.0. The number of rotatable bonds is 13. The Morgan fingerprint density at radius 2 is 1.52 bits per heavy atom. The second kappa shape index (κ2) is 15.8. The van der Waals surface area contributed by atoms with Crippen LogP contribution >= 0.6 is 11.6 Å². The van der Waals surface area contributed by atoms with Gasteiger partial charge in [0.25, 0.3) is 21.8 Å². The van der Waals surface area contributed by atoms with E-state index in [4.69, 9.17) is 21.1 Å². The van der Waals surface area contributed by atoms with Gasteiger partial charge in [-0.25, -0.2) is 13.8 Å². The summed E-state index contributed by atoms with van der Waals surface area (Å²) in [5.41, 5.74) is 4.74. The minimum Gasteiger partial charge on any atom is -0.497 e. The molecule has 5 aromatic carbocycles. The molecule has 0 saturated heterocycles. The van der Waals surface area contributed by atoms with Crippen LogP contribution in [0.1, 0.15) is 21.5 Å². The Morgan fingerprint density at radius 1 is 0.833 bits per heavy atom. The van der Waals surface area contributed by atoms with E-state index in [0.717, 1.165) is 5.56 Å². The summed E-state index contributed by atoms with van der Waals surface area (Å²) in [6.07, 6.45) is 1.44. The zero-order chi connectivity index (χ0) is 33.9. The highest BCUT2D eigenvalue weighted by molar-refractivity contribution is 7.92. The van der Waals surface area contributed by atoms with Crippen LogP contribution in [-0.2, 0) is 21.4 Å². The molecule has 0 heterocycles. The molecule has 0 aromatic heterocycles. The van der Waals surface area contributed by atoms with Gasteiger partial charge in [-0.05, 0) is 90.0 Å². The molecule has 5 aromatic rings. The first-order chi connectivity index (χ1) is 23.2. The first-order valence-corrected chi connectivity index (χ1v) is 16.5. The normalized spacial score (nSPS) is 11.1. The monoisotopic (exact) mass is 682 g/mol. The fraction of sp³-hybridized carbons (Fsp3) is 0.0833. The summed E-state index contributed by atoms with van der Waals surface area (Å²) in [4.78, 5) is 25.6. The fourth-order valence-corrected chi connectivity index (χ4v) is 6.26. The first kappa shape index (κ1) is 33.7. The van der Waals surface area contributed by atoms with Gasteiger partial charge in [-0.3, -0.25) is 13.9 Å². The third-order valence-electron chi connectivity index (χ3n) is 6.97. The fourth-order valence-electron chi connectivity index (χ4n) is 4.59. The molecule has 2 amide bonds. The largest absolute Gasteiger partial charge is 0.497 e. The summed E-state index contributed by atoms with van der Waals surface area (Å²) >= 11 is 5.95. The van der Waals surface area contributed by atoms with Crippen molar-refractivity contribution in [2.24, 2.45) is 5.10 Å². The van der Waals surface area contributed by atoms with E-state index in [1.54, 1.807) is 78.9 Å². The van der Waals surface area contributed by atoms with E-state index in [1.807, 2.05) is 30.3 Å². The maximum absolute atomic E-state index is 14.0. The van der Waals surface area contributed by atoms with E-state index in [1.165, 1.54) is 35.8 Å². The van der Waals surface area contributed by atoms with Gasteiger partial charge in [-0.2, -0.15) is 5.10 Å². The van der Waals surface area contributed by atoms with Crippen LogP contribution in [0.25, 0.3) is 0 Å². The summed E-state index contributed by atoms with van der Waals surface area (Å²) in [5.74, 6) is 0.0316. The van der Waals surface area contributed by atoms with E-state index in [9.17, 15) is 18.0 Å². The summed E-state index contributed by atoms with van der Waals surface area (Å²) in [6, 6.07) is 35.1. The standard InChI is InChI=1S/C36H31ClN4O6S/c1-46-30-18-20-32(21-19-30)48(44,45)41(24-27-8-3-2-4-9-27)34-13-6-5-12-33(34)36(43)40-38-23-26-14-16-31(17-15-26)47-25-35(42)39-29-11-7-10-28(37)22-29/h2-23H,24-25H2,1H3,(H,39,42)(H,40,43)/b38-23-. The number of anilines is 2. The predicted molar refractivity (Wildman–Crippen MR) is 186 cm³/mol. The molecule has 10 nitrogen and oxygen atoms in total. The zero-order valence-electron chi connectivity index (χ0n) is 25.7. The molecule has 0 atom stereocenters. The number of nitrogens with zero attached hydrogens (tertiary/aromatic N) is 2. The van der Waals surface area contributed by atoms with Gasteiger partial charge in [0.1, 0.15) is 11.5 Å². The molecule has 48 heavy (non-hydrogen) atoms. The molecule has 0 fully saturated rings. The second-order valence-electron chi connectivity index (χ2n) is 10.3. The van der Waals surface area contributed by atoms with Crippen molar-refractivity contribution in [1.82, 2.24) is 5.43 Å². The molecular weight excluding hydrogens is 652 g/mol. The molecule has 2 N–H and O–H groups in total. The first-order valence-electron chi connectivity index (χ1n) is 14.6. The highest BCUT2D eigenvalue weighted by atomic mass is 35.5. The van der Waals surface area contributed by atoms with Gasteiger partial charge in [0.2, 0.25) is 0 Å². The third-order valence-corrected chi connectivity index (χ3v) is 8.98. The van der Waals surface area contributed by atoms with Gasteiger partial charge in [-0.15, -0.1) is 0 Å². The van der Waals surface area contributed by atoms with Crippen LogP contribution in [0.5, 0.6) is 11.5 Å². The number of ether oxygens (including phenoxy) is 2. The number of carbonyl (C=O) groups is 2. The lowest BCUT2D eigenvalue weighted by Gasteiger charge is -2.26. The lowest BCUT2D eigenvalue weighted by atomic mass is 10.1. The van der Waals surface area contributed by atoms with Crippen LogP contribution in [0.2, 0.25) is 5.02 Å². The van der Waals surface area contributed by atoms with Gasteiger partial charge in [0, 0.05) is 10.7 Å². The van der Waals surface area contributed by atoms with Gasteiger partial charge >= 0.3 is 0 Å². The van der Waals surface area contributed by atoms with Crippen molar-refractivity contribution in [3.63, 3.8) is 0 Å². The van der Waals surface area contributed by atoms with E-state index >= 15 is 0 Å². The third kappa shape index (κ3) is 8.78. The molecule has 5 rings (SSSR count). The highest BCUT2D eigenvalue weighted by Crippen LogP contribution is 2.30. The number of para-hydroxylation sites is 1. The number of sulfonamides is 1. The molecule has 0 aliphatic carbocycles. The number of carbonyl (C=O) groups excluding carboxylic acids is 2. The number of hydrogen-bond donors (Lipinski definition) is 2. The molecule has 0 aliphatic heterocycles. The van der Waals surface area contributed by atoms with Gasteiger partial charge < -0.3 is 14.8 Å². The number of hydrogen-bond acceptors (Lipinski definition) is 7. The summed E-state index contributed by atoms with van der Waals surface area (Å²) in [6.45, 7) is -0.218. The Labute approximate surface area is 283 Å². The van der Waals surface area contributed by atoms with Gasteiger partial charge in [0.15, 0.2) is 6.61 Å². The number of nitrogens with one attached hydrogen (secondary N) is 2. The van der Waals surface area contributed by atoms with Crippen LogP contribution in [0, 0.1) is 0 Å². The average Bonchev–Trinajstić information content (AvgIpc) is 3.10. The van der Waals surface area contributed by atoms with Crippen LogP contribution in [0.15, 0.2) is 137 Å². The van der Waals surface area contributed by atoms with Crippen molar-refractivity contribution >= 4 is 51.0 Å². The summed E-state index contributed by atoms with van der Waals surface area (Å²) < 4.78 is 40.0. The highest BCUT2D eigenvalue weighted by Gasteiger charge is 2.28. The van der Waals surface area contributed by atoms with E-state index < -0.39 is 15.9 Å². The minimum absolute atomic E-state index is 0.0144. The van der Waals surface area contributed by atoms with Crippen LogP contribution in [0.3, 0.4) is 0 Å². The minimum atomic E-state index is -4.11. The van der Waals surface area contributed by atoms with Gasteiger partial charge in [-0.1, -0.05) is 60.1 Å². The van der Waals surface area contributed by atoms with Crippen LogP contribution < -0.4 is 24.5 Å². The molecule has 0 radical (unpaired) electrons. The number of benzene rings is 5. The van der Waals surface area contributed by atoms with E-state index in [2.05, 4.69) is 15.8 Å². The number of halogens is 1. The smallest absolute Gasteiger partial charge is 0.273 e. The van der Waals surface area contributed by atoms with Crippen molar-refractivity contribution in [3.05, 3.63) is 149 Å². The second-order valence-corrected chi connectivity index (χ2v) is 12.6. The molecule has 244 valence electrons. The van der Waals surface area contributed by atoms with Crippen molar-refractivity contribution in [2.75, 3.05) is 23.3 Å². The SMILES string of the molecule is COc1ccc(S(=O)(=O)N(Cc2ccccc2)c2ccccc2C(=O)N/N=C\c2ccc(OCC(=O)Nc3cccc(Cl)c3)cc2)cc1. The Balaban J connectivity index is 1.27. The van der Waals surface area contributed by atoms with E-state index in [-0.39, 0.29) is 35.2 Å². The Bertz CT molecular complexity index is 2010. The molecule has 12 heteroatoms. The zero-order valence-corrected chi connectivity index (χ0v) is 27.3. The summed E-state index contributed by atoms with van der Waals surface area (Å²) in [7, 11) is -2.61. The molecular formula is C36H31ClN4O6S. The van der Waals surface area contributed by atoms with Crippen molar-refractivity contribution < 1.29 is 27.5 Å². The lowest BCUT2D eigenvalue weighted by Crippen LogP contribution is -2.33. The quantitative estimate of drug-likeness (QED) is 0.108. The number of hydrazone groups is 1. The molecule has 0 bridgehead atoms. The summed E-state index contributed by atoms with van der Waals surface area (Å²) in [5, 5.41) is 7.29. The molecule has 0 saturated carbocycles. The van der Waals surface area contributed by atoms with Crippen LogP contribution in [0.4, 0.5) is 11.4 Å². The van der Waals surface area contributed by atoms with Crippen molar-refractivity contribution in [1.29, 1.82) is 0 Å². The maximum Gasteiger partial charge on any atom is 0.273 e. The Kier molecular flexibility index (Phi) is 11.1. The average molecular weight is 683 g/mol. The Hall–Kier alpha value is -5.65. The molecule has 0 spiro atoms. The van der Waals surface area contributed by atoms with Gasteiger partial charge in [0.05, 0.1) is 36.0 Å². The number of methoxy groups -OCH3 is 1. The lowest BCUT2D eigenvalue weighted by molar-refractivity contribution is -0.118.